The van der Waals surface area contributed by atoms with Gasteiger partial charge in [0.05, 0.1) is 9.40 Å². The first-order valence-corrected chi connectivity index (χ1v) is 7.87. The third-order valence-electron chi connectivity index (χ3n) is 3.55. The average Bonchev–Trinajstić information content (AvgIpc) is 2.42. The van der Waals surface area contributed by atoms with E-state index in [9.17, 15) is 10.1 Å². The second-order valence-corrected chi connectivity index (χ2v) is 6.19. The summed E-state index contributed by atoms with van der Waals surface area (Å²) >= 11 is 3.37. The zero-order valence-corrected chi connectivity index (χ0v) is 14.6. The summed E-state index contributed by atoms with van der Waals surface area (Å²) in [4.78, 5) is 16.8. The van der Waals surface area contributed by atoms with E-state index >= 15 is 0 Å². The smallest absolute Gasteiger partial charge is 0.291 e. The number of pyridine rings is 1. The van der Waals surface area contributed by atoms with E-state index in [1.165, 1.54) is 6.20 Å². The number of hydrogen-bond donors (Lipinski definition) is 1. The Balaban J connectivity index is 2.46. The summed E-state index contributed by atoms with van der Waals surface area (Å²) < 4.78 is 0.663. The maximum absolute atomic E-state index is 10.8. The Kier molecular flexibility index (Phi) is 7.04. The first kappa shape index (κ1) is 17.8. The average molecular weight is 359 g/mol. The van der Waals surface area contributed by atoms with Gasteiger partial charge in [-0.25, -0.2) is 4.98 Å². The Hall–Kier alpha value is -1.21. The molecule has 0 spiro atoms. The summed E-state index contributed by atoms with van der Waals surface area (Å²) in [6.07, 6.45) is 3.43. The first-order valence-electron chi connectivity index (χ1n) is 7.08. The lowest BCUT2D eigenvalue weighted by molar-refractivity contribution is -0.385. The Bertz CT molecular complexity index is 494. The number of hydrogen-bond acceptors (Lipinski definition) is 5. The molecule has 118 valence electrons. The van der Waals surface area contributed by atoms with Crippen molar-refractivity contribution in [1.82, 2.24) is 9.88 Å². The standard InChI is InChI=1S/C14H23BrN4O2/c1-10(2)18(4)8-6-5-7-16-14-13(15)11(3)12(9-17-14)19(20)21/h9-10H,5-8H2,1-4H3,(H,16,17). The molecule has 0 saturated heterocycles. The van der Waals surface area contributed by atoms with Gasteiger partial charge >= 0.3 is 0 Å². The van der Waals surface area contributed by atoms with Gasteiger partial charge in [0.1, 0.15) is 12.0 Å². The van der Waals surface area contributed by atoms with Crippen LogP contribution in [-0.2, 0) is 0 Å². The van der Waals surface area contributed by atoms with E-state index in [1.807, 2.05) is 0 Å². The van der Waals surface area contributed by atoms with Crippen molar-refractivity contribution in [2.75, 3.05) is 25.5 Å². The Morgan fingerprint density at radius 3 is 2.71 bits per heavy atom. The van der Waals surface area contributed by atoms with Crippen LogP contribution in [0.25, 0.3) is 0 Å². The third kappa shape index (κ3) is 5.24. The molecule has 1 aromatic rings. The quantitative estimate of drug-likeness (QED) is 0.436. The summed E-state index contributed by atoms with van der Waals surface area (Å²) in [6, 6.07) is 0.561. The summed E-state index contributed by atoms with van der Waals surface area (Å²) in [6.45, 7) is 7.94. The normalized spacial score (nSPS) is 11.2. The summed E-state index contributed by atoms with van der Waals surface area (Å²) in [5.74, 6) is 0.662. The molecule has 0 unspecified atom stereocenters. The number of nitrogens with one attached hydrogen (secondary N) is 1. The molecule has 0 aliphatic rings. The Morgan fingerprint density at radius 2 is 2.14 bits per heavy atom. The molecule has 21 heavy (non-hydrogen) atoms. The maximum atomic E-state index is 10.8. The maximum Gasteiger partial charge on any atom is 0.291 e. The largest absolute Gasteiger partial charge is 0.369 e. The van der Waals surface area contributed by atoms with E-state index in [0.29, 0.717) is 21.9 Å². The van der Waals surface area contributed by atoms with Crippen molar-refractivity contribution in [2.45, 2.75) is 39.7 Å². The molecule has 0 radical (unpaired) electrons. The van der Waals surface area contributed by atoms with Crippen molar-refractivity contribution in [2.24, 2.45) is 0 Å². The van der Waals surface area contributed by atoms with Gasteiger partial charge < -0.3 is 10.2 Å². The van der Waals surface area contributed by atoms with Crippen molar-refractivity contribution in [3.63, 3.8) is 0 Å². The van der Waals surface area contributed by atoms with Crippen LogP contribution < -0.4 is 5.32 Å². The monoisotopic (exact) mass is 358 g/mol. The lowest BCUT2D eigenvalue weighted by atomic mass is 10.2. The van der Waals surface area contributed by atoms with Crippen molar-refractivity contribution in [3.05, 3.63) is 26.3 Å². The van der Waals surface area contributed by atoms with Crippen LogP contribution in [0.3, 0.4) is 0 Å². The molecule has 1 heterocycles. The van der Waals surface area contributed by atoms with E-state index in [1.54, 1.807) is 6.92 Å². The van der Waals surface area contributed by atoms with Crippen molar-refractivity contribution >= 4 is 27.4 Å². The Labute approximate surface area is 134 Å². The predicted octanol–water partition coefficient (Wildman–Crippen LogP) is 3.59. The highest BCUT2D eigenvalue weighted by molar-refractivity contribution is 9.10. The molecule has 0 saturated carbocycles. The van der Waals surface area contributed by atoms with E-state index in [2.05, 4.69) is 52.0 Å². The van der Waals surface area contributed by atoms with Gasteiger partial charge in [-0.1, -0.05) is 0 Å². The van der Waals surface area contributed by atoms with E-state index in [4.69, 9.17) is 0 Å². The fourth-order valence-electron chi connectivity index (χ4n) is 1.83. The SMILES string of the molecule is Cc1c([N+](=O)[O-])cnc(NCCCCN(C)C(C)C)c1Br. The molecule has 0 fully saturated rings. The van der Waals surface area contributed by atoms with E-state index < -0.39 is 4.92 Å². The lowest BCUT2D eigenvalue weighted by Crippen LogP contribution is -2.27. The molecule has 0 atom stereocenters. The van der Waals surface area contributed by atoms with Gasteiger partial charge in [-0.15, -0.1) is 0 Å². The van der Waals surface area contributed by atoms with Gasteiger partial charge in [-0.05, 0) is 63.1 Å². The lowest BCUT2D eigenvalue weighted by Gasteiger charge is -2.20. The summed E-state index contributed by atoms with van der Waals surface area (Å²) in [5.41, 5.74) is 0.628. The fraction of sp³-hybridized carbons (Fsp3) is 0.643. The molecule has 6 nitrogen and oxygen atoms in total. The van der Waals surface area contributed by atoms with Crippen LogP contribution in [0, 0.1) is 17.0 Å². The van der Waals surface area contributed by atoms with Gasteiger partial charge in [-0.2, -0.15) is 0 Å². The number of nitro groups is 1. The molecule has 0 aromatic carbocycles. The summed E-state index contributed by atoms with van der Waals surface area (Å²) in [5, 5.41) is 14.0. The zero-order chi connectivity index (χ0) is 16.0. The van der Waals surface area contributed by atoms with Crippen LogP contribution in [0.4, 0.5) is 11.5 Å². The predicted molar refractivity (Wildman–Crippen MR) is 88.8 cm³/mol. The van der Waals surface area contributed by atoms with E-state index in [0.717, 1.165) is 25.9 Å². The molecule has 0 bridgehead atoms. The highest BCUT2D eigenvalue weighted by Crippen LogP contribution is 2.30. The molecule has 7 heteroatoms. The molecule has 1 rings (SSSR count). The number of halogens is 1. The van der Waals surface area contributed by atoms with Crippen LogP contribution in [-0.4, -0.2) is 41.0 Å². The fourth-order valence-corrected chi connectivity index (χ4v) is 2.27. The molecular formula is C14H23BrN4O2. The highest BCUT2D eigenvalue weighted by atomic mass is 79.9. The first-order chi connectivity index (χ1) is 9.84. The molecule has 0 aliphatic heterocycles. The summed E-state index contributed by atoms with van der Waals surface area (Å²) in [7, 11) is 2.12. The van der Waals surface area contributed by atoms with Crippen LogP contribution in [0.2, 0.25) is 0 Å². The van der Waals surface area contributed by atoms with Crippen LogP contribution in [0.5, 0.6) is 0 Å². The van der Waals surface area contributed by atoms with Crippen molar-refractivity contribution in [3.8, 4) is 0 Å². The minimum atomic E-state index is -0.418. The molecular weight excluding hydrogens is 336 g/mol. The minimum Gasteiger partial charge on any atom is -0.369 e. The number of unbranched alkanes of at least 4 members (excludes halogenated alkanes) is 1. The number of rotatable bonds is 8. The molecule has 0 aliphatic carbocycles. The second-order valence-electron chi connectivity index (χ2n) is 5.40. The van der Waals surface area contributed by atoms with Gasteiger partial charge in [-0.3, -0.25) is 10.1 Å². The topological polar surface area (TPSA) is 71.3 Å². The van der Waals surface area contributed by atoms with Gasteiger partial charge in [0.15, 0.2) is 0 Å². The van der Waals surface area contributed by atoms with Gasteiger partial charge in [0.25, 0.3) is 5.69 Å². The molecule has 0 amide bonds. The van der Waals surface area contributed by atoms with Crippen LogP contribution >= 0.6 is 15.9 Å². The Morgan fingerprint density at radius 1 is 1.48 bits per heavy atom. The zero-order valence-electron chi connectivity index (χ0n) is 13.0. The second kappa shape index (κ2) is 8.29. The number of aromatic nitrogens is 1. The minimum absolute atomic E-state index is 0.0333. The van der Waals surface area contributed by atoms with Crippen molar-refractivity contribution in [1.29, 1.82) is 0 Å². The van der Waals surface area contributed by atoms with Crippen LogP contribution in [0.1, 0.15) is 32.3 Å². The van der Waals surface area contributed by atoms with Crippen molar-refractivity contribution < 1.29 is 4.92 Å². The van der Waals surface area contributed by atoms with E-state index in [-0.39, 0.29) is 5.69 Å². The highest BCUT2D eigenvalue weighted by Gasteiger charge is 2.16. The van der Waals surface area contributed by atoms with Gasteiger partial charge in [0, 0.05) is 18.2 Å². The molecule has 1 N–H and O–H groups in total. The third-order valence-corrected chi connectivity index (χ3v) is 4.52. The number of anilines is 1. The number of nitrogens with zero attached hydrogens (tertiary/aromatic N) is 3. The van der Waals surface area contributed by atoms with Gasteiger partial charge in [0.2, 0.25) is 0 Å². The van der Waals surface area contributed by atoms with Crippen LogP contribution in [0.15, 0.2) is 10.7 Å². The molecule has 1 aromatic heterocycles.